The SMILES string of the molecule is Cc1cc(F)ccc1NS(=O)(=O)c1cccc(CN)c1. The third-order valence-corrected chi connectivity index (χ3v) is 4.24. The average Bonchev–Trinajstić information content (AvgIpc) is 2.42. The maximum Gasteiger partial charge on any atom is 0.261 e. The third-order valence-electron chi connectivity index (χ3n) is 2.88. The molecule has 4 nitrogen and oxygen atoms in total. The molecule has 0 saturated carbocycles. The molecule has 0 heterocycles. The van der Waals surface area contributed by atoms with E-state index in [1.165, 1.54) is 30.3 Å². The first kappa shape index (κ1) is 14.5. The second kappa shape index (κ2) is 5.60. The third kappa shape index (κ3) is 3.15. The zero-order chi connectivity index (χ0) is 14.8. The highest BCUT2D eigenvalue weighted by Gasteiger charge is 2.15. The van der Waals surface area contributed by atoms with E-state index in [1.807, 2.05) is 0 Å². The number of aryl methyl sites for hydroxylation is 1. The van der Waals surface area contributed by atoms with Gasteiger partial charge in [-0.1, -0.05) is 12.1 Å². The fourth-order valence-corrected chi connectivity index (χ4v) is 2.99. The van der Waals surface area contributed by atoms with E-state index in [0.717, 1.165) is 5.56 Å². The Kier molecular flexibility index (Phi) is 4.06. The van der Waals surface area contributed by atoms with Gasteiger partial charge in [-0.2, -0.15) is 0 Å². The second-order valence-electron chi connectivity index (χ2n) is 4.42. The fraction of sp³-hybridized carbons (Fsp3) is 0.143. The van der Waals surface area contributed by atoms with Crippen molar-refractivity contribution >= 4 is 15.7 Å². The Morgan fingerprint density at radius 1 is 1.20 bits per heavy atom. The van der Waals surface area contributed by atoms with Crippen LogP contribution in [0.5, 0.6) is 0 Å². The topological polar surface area (TPSA) is 72.2 Å². The van der Waals surface area contributed by atoms with Gasteiger partial charge in [-0.05, 0) is 48.4 Å². The van der Waals surface area contributed by atoms with Crippen LogP contribution in [0.3, 0.4) is 0 Å². The Balaban J connectivity index is 2.35. The van der Waals surface area contributed by atoms with Crippen molar-refractivity contribution in [3.8, 4) is 0 Å². The van der Waals surface area contributed by atoms with E-state index in [-0.39, 0.29) is 11.4 Å². The summed E-state index contributed by atoms with van der Waals surface area (Å²) in [7, 11) is -3.71. The Morgan fingerprint density at radius 3 is 2.60 bits per heavy atom. The molecule has 2 aromatic rings. The lowest BCUT2D eigenvalue weighted by atomic mass is 10.2. The summed E-state index contributed by atoms with van der Waals surface area (Å²) >= 11 is 0. The Hall–Kier alpha value is -1.92. The van der Waals surface area contributed by atoms with Gasteiger partial charge in [0.25, 0.3) is 10.0 Å². The first-order valence-corrected chi connectivity index (χ1v) is 7.48. The monoisotopic (exact) mass is 294 g/mol. The maximum absolute atomic E-state index is 13.0. The number of hydrogen-bond acceptors (Lipinski definition) is 3. The zero-order valence-corrected chi connectivity index (χ0v) is 11.7. The molecule has 0 aliphatic carbocycles. The summed E-state index contributed by atoms with van der Waals surface area (Å²) in [6.45, 7) is 1.90. The van der Waals surface area contributed by atoms with Gasteiger partial charge in [-0.15, -0.1) is 0 Å². The van der Waals surface area contributed by atoms with Gasteiger partial charge >= 0.3 is 0 Å². The Morgan fingerprint density at radius 2 is 1.95 bits per heavy atom. The number of nitrogens with two attached hydrogens (primary N) is 1. The summed E-state index contributed by atoms with van der Waals surface area (Å²) in [5, 5.41) is 0. The predicted molar refractivity (Wildman–Crippen MR) is 76.3 cm³/mol. The molecule has 3 N–H and O–H groups in total. The summed E-state index contributed by atoms with van der Waals surface area (Å²) in [5.74, 6) is -0.407. The largest absolute Gasteiger partial charge is 0.326 e. The number of sulfonamides is 1. The number of nitrogens with one attached hydrogen (secondary N) is 1. The molecular weight excluding hydrogens is 279 g/mol. The molecule has 0 aliphatic heterocycles. The van der Waals surface area contributed by atoms with Gasteiger partial charge in [0.05, 0.1) is 10.6 Å². The average molecular weight is 294 g/mol. The van der Waals surface area contributed by atoms with E-state index in [4.69, 9.17) is 5.73 Å². The lowest BCUT2D eigenvalue weighted by Crippen LogP contribution is -2.14. The molecule has 0 bridgehead atoms. The fourth-order valence-electron chi connectivity index (χ4n) is 1.78. The molecule has 0 atom stereocenters. The molecule has 20 heavy (non-hydrogen) atoms. The van der Waals surface area contributed by atoms with Gasteiger partial charge in [0, 0.05) is 6.54 Å². The van der Waals surface area contributed by atoms with Crippen molar-refractivity contribution in [2.24, 2.45) is 5.73 Å². The van der Waals surface area contributed by atoms with Crippen molar-refractivity contribution in [2.75, 3.05) is 4.72 Å². The normalized spacial score (nSPS) is 11.3. The molecule has 0 aliphatic rings. The number of benzene rings is 2. The van der Waals surface area contributed by atoms with Crippen molar-refractivity contribution < 1.29 is 12.8 Å². The highest BCUT2D eigenvalue weighted by molar-refractivity contribution is 7.92. The highest BCUT2D eigenvalue weighted by atomic mass is 32.2. The van der Waals surface area contributed by atoms with Crippen LogP contribution in [0.2, 0.25) is 0 Å². The quantitative estimate of drug-likeness (QED) is 0.909. The lowest BCUT2D eigenvalue weighted by Gasteiger charge is -2.11. The van der Waals surface area contributed by atoms with Crippen LogP contribution in [0.25, 0.3) is 0 Å². The van der Waals surface area contributed by atoms with E-state index in [0.29, 0.717) is 11.3 Å². The molecule has 0 unspecified atom stereocenters. The van der Waals surface area contributed by atoms with Crippen molar-refractivity contribution in [1.82, 2.24) is 0 Å². The van der Waals surface area contributed by atoms with Crippen LogP contribution in [0.1, 0.15) is 11.1 Å². The minimum atomic E-state index is -3.71. The van der Waals surface area contributed by atoms with E-state index in [1.54, 1.807) is 19.1 Å². The molecule has 0 fully saturated rings. The summed E-state index contributed by atoms with van der Waals surface area (Å²) in [6.07, 6.45) is 0. The molecule has 0 aromatic heterocycles. The van der Waals surface area contributed by atoms with Crippen LogP contribution in [0.4, 0.5) is 10.1 Å². The molecule has 0 saturated heterocycles. The molecule has 106 valence electrons. The second-order valence-corrected chi connectivity index (χ2v) is 6.10. The molecule has 2 rings (SSSR count). The highest BCUT2D eigenvalue weighted by Crippen LogP contribution is 2.21. The van der Waals surface area contributed by atoms with E-state index in [9.17, 15) is 12.8 Å². The van der Waals surface area contributed by atoms with Crippen molar-refractivity contribution in [2.45, 2.75) is 18.4 Å². The van der Waals surface area contributed by atoms with Crippen molar-refractivity contribution in [3.63, 3.8) is 0 Å². The molecule has 2 aromatic carbocycles. The van der Waals surface area contributed by atoms with Gasteiger partial charge < -0.3 is 5.73 Å². The molecular formula is C14H15FN2O2S. The van der Waals surface area contributed by atoms with Gasteiger partial charge in [0.1, 0.15) is 5.82 Å². The first-order chi connectivity index (χ1) is 9.42. The summed E-state index contributed by atoms with van der Waals surface area (Å²) in [5.41, 5.74) is 7.09. The predicted octanol–water partition coefficient (Wildman–Crippen LogP) is 2.39. The summed E-state index contributed by atoms with van der Waals surface area (Å²) in [4.78, 5) is 0.129. The van der Waals surface area contributed by atoms with Crippen LogP contribution in [-0.4, -0.2) is 8.42 Å². The molecule has 0 amide bonds. The zero-order valence-electron chi connectivity index (χ0n) is 10.9. The van der Waals surface area contributed by atoms with Crippen LogP contribution < -0.4 is 10.5 Å². The van der Waals surface area contributed by atoms with E-state index >= 15 is 0 Å². The minimum absolute atomic E-state index is 0.129. The summed E-state index contributed by atoms with van der Waals surface area (Å²) < 4.78 is 40.0. The van der Waals surface area contributed by atoms with Gasteiger partial charge in [-0.3, -0.25) is 4.72 Å². The number of rotatable bonds is 4. The van der Waals surface area contributed by atoms with E-state index < -0.39 is 15.8 Å². The molecule has 0 radical (unpaired) electrons. The van der Waals surface area contributed by atoms with E-state index in [2.05, 4.69) is 4.72 Å². The van der Waals surface area contributed by atoms with Gasteiger partial charge in [-0.25, -0.2) is 12.8 Å². The number of anilines is 1. The molecule has 6 heteroatoms. The minimum Gasteiger partial charge on any atom is -0.326 e. The first-order valence-electron chi connectivity index (χ1n) is 6.00. The van der Waals surface area contributed by atoms with Crippen LogP contribution in [-0.2, 0) is 16.6 Å². The maximum atomic E-state index is 13.0. The van der Waals surface area contributed by atoms with Crippen LogP contribution in [0.15, 0.2) is 47.4 Å². The van der Waals surface area contributed by atoms with Gasteiger partial charge in [0.15, 0.2) is 0 Å². The smallest absolute Gasteiger partial charge is 0.261 e. The van der Waals surface area contributed by atoms with Crippen LogP contribution >= 0.6 is 0 Å². The summed E-state index contributed by atoms with van der Waals surface area (Å²) in [6, 6.07) is 10.3. The number of halogens is 1. The Labute approximate surface area is 117 Å². The lowest BCUT2D eigenvalue weighted by molar-refractivity contribution is 0.600. The Bertz CT molecular complexity index is 730. The number of hydrogen-bond donors (Lipinski definition) is 2. The van der Waals surface area contributed by atoms with Gasteiger partial charge in [0.2, 0.25) is 0 Å². The van der Waals surface area contributed by atoms with Crippen molar-refractivity contribution in [1.29, 1.82) is 0 Å². The van der Waals surface area contributed by atoms with Crippen LogP contribution in [0, 0.1) is 12.7 Å². The van der Waals surface area contributed by atoms with Crippen molar-refractivity contribution in [3.05, 3.63) is 59.4 Å². The molecule has 0 spiro atoms. The standard InChI is InChI=1S/C14H15FN2O2S/c1-10-7-12(15)5-6-14(10)17-20(18,19)13-4-2-3-11(8-13)9-16/h2-8,17H,9,16H2,1H3.